The molecule has 1 aliphatic rings. The maximum atomic E-state index is 5.54. The van der Waals surface area contributed by atoms with Crippen LogP contribution in [0.3, 0.4) is 0 Å². The summed E-state index contributed by atoms with van der Waals surface area (Å²) in [6, 6.07) is 12.5. The molecule has 3 N–H and O–H groups in total. The fourth-order valence-corrected chi connectivity index (χ4v) is 2.37. The Morgan fingerprint density at radius 1 is 1.25 bits per heavy atom. The van der Waals surface area contributed by atoms with E-state index in [1.54, 1.807) is 0 Å². The van der Waals surface area contributed by atoms with E-state index in [2.05, 4.69) is 22.2 Å². The number of nitrogens with one attached hydrogen (secondary N) is 1. The van der Waals surface area contributed by atoms with Crippen molar-refractivity contribution in [1.82, 2.24) is 9.97 Å². The Balaban J connectivity index is 2.02. The lowest BCUT2D eigenvalue weighted by Crippen LogP contribution is -2.26. The van der Waals surface area contributed by atoms with Crippen LogP contribution < -0.4 is 16.2 Å². The van der Waals surface area contributed by atoms with Gasteiger partial charge in [-0.1, -0.05) is 30.3 Å². The van der Waals surface area contributed by atoms with Gasteiger partial charge < -0.3 is 10.3 Å². The van der Waals surface area contributed by atoms with Crippen LogP contribution in [0.15, 0.2) is 36.4 Å². The SMILES string of the molecule is CCN(c1cc(NN)nc(-c2ccccc2)n1)C1CC1. The van der Waals surface area contributed by atoms with Crippen LogP contribution in [-0.2, 0) is 0 Å². The van der Waals surface area contributed by atoms with Gasteiger partial charge in [0.15, 0.2) is 5.82 Å². The van der Waals surface area contributed by atoms with Crippen LogP contribution >= 0.6 is 0 Å². The van der Waals surface area contributed by atoms with E-state index >= 15 is 0 Å². The summed E-state index contributed by atoms with van der Waals surface area (Å²) in [4.78, 5) is 11.5. The Morgan fingerprint density at radius 3 is 2.60 bits per heavy atom. The number of benzene rings is 1. The van der Waals surface area contributed by atoms with Gasteiger partial charge in [-0.25, -0.2) is 15.8 Å². The predicted octanol–water partition coefficient (Wildman–Crippen LogP) is 2.42. The van der Waals surface area contributed by atoms with Gasteiger partial charge in [0.25, 0.3) is 0 Å². The zero-order valence-electron chi connectivity index (χ0n) is 11.6. The van der Waals surface area contributed by atoms with Gasteiger partial charge in [-0.3, -0.25) is 0 Å². The summed E-state index contributed by atoms with van der Waals surface area (Å²) in [5.41, 5.74) is 3.64. The van der Waals surface area contributed by atoms with Crippen LogP contribution in [0.1, 0.15) is 19.8 Å². The number of nitrogens with zero attached hydrogens (tertiary/aromatic N) is 3. The third-order valence-electron chi connectivity index (χ3n) is 3.52. The first kappa shape index (κ1) is 12.9. The van der Waals surface area contributed by atoms with Crippen molar-refractivity contribution in [3.05, 3.63) is 36.4 Å². The van der Waals surface area contributed by atoms with Crippen LogP contribution in [0.4, 0.5) is 11.6 Å². The van der Waals surface area contributed by atoms with E-state index in [0.29, 0.717) is 17.7 Å². The van der Waals surface area contributed by atoms with Crippen LogP contribution in [0.25, 0.3) is 11.4 Å². The fourth-order valence-electron chi connectivity index (χ4n) is 2.37. The van der Waals surface area contributed by atoms with Crippen molar-refractivity contribution in [1.29, 1.82) is 0 Å². The first-order chi connectivity index (χ1) is 9.81. The molecular weight excluding hydrogens is 250 g/mol. The second-order valence-corrected chi connectivity index (χ2v) is 4.96. The van der Waals surface area contributed by atoms with E-state index in [0.717, 1.165) is 17.9 Å². The first-order valence-corrected chi connectivity index (χ1v) is 6.99. The molecule has 5 heteroatoms. The molecule has 1 aromatic heterocycles. The molecule has 1 saturated carbocycles. The number of rotatable bonds is 5. The van der Waals surface area contributed by atoms with Crippen molar-refractivity contribution in [2.24, 2.45) is 5.84 Å². The highest BCUT2D eigenvalue weighted by molar-refractivity contribution is 5.62. The molecule has 5 nitrogen and oxygen atoms in total. The zero-order valence-corrected chi connectivity index (χ0v) is 11.6. The van der Waals surface area contributed by atoms with Crippen molar-refractivity contribution >= 4 is 11.6 Å². The van der Waals surface area contributed by atoms with E-state index in [9.17, 15) is 0 Å². The molecule has 3 rings (SSSR count). The molecule has 1 aromatic carbocycles. The smallest absolute Gasteiger partial charge is 0.163 e. The molecular formula is C15H19N5. The normalized spacial score (nSPS) is 14.1. The van der Waals surface area contributed by atoms with Crippen molar-refractivity contribution in [3.63, 3.8) is 0 Å². The molecule has 1 fully saturated rings. The minimum atomic E-state index is 0.615. The van der Waals surface area contributed by atoms with Crippen LogP contribution in [0, 0.1) is 0 Å². The summed E-state index contributed by atoms with van der Waals surface area (Å²) in [6.07, 6.45) is 2.48. The first-order valence-electron chi connectivity index (χ1n) is 6.99. The third kappa shape index (κ3) is 2.58. The van der Waals surface area contributed by atoms with Gasteiger partial charge in [-0.2, -0.15) is 0 Å². The standard InChI is InChI=1S/C15H19N5/c1-2-20(12-8-9-12)14-10-13(19-16)17-15(18-14)11-6-4-3-5-7-11/h3-7,10,12H,2,8-9,16H2,1H3,(H,17,18,19). The second-order valence-electron chi connectivity index (χ2n) is 4.96. The summed E-state index contributed by atoms with van der Waals surface area (Å²) in [7, 11) is 0. The fraction of sp³-hybridized carbons (Fsp3) is 0.333. The zero-order chi connectivity index (χ0) is 13.9. The lowest BCUT2D eigenvalue weighted by Gasteiger charge is -2.22. The lowest BCUT2D eigenvalue weighted by atomic mass is 10.2. The van der Waals surface area contributed by atoms with Crippen molar-refractivity contribution in [3.8, 4) is 11.4 Å². The number of hydrogen-bond acceptors (Lipinski definition) is 5. The van der Waals surface area contributed by atoms with Crippen molar-refractivity contribution < 1.29 is 0 Å². The van der Waals surface area contributed by atoms with Crippen molar-refractivity contribution in [2.75, 3.05) is 16.9 Å². The monoisotopic (exact) mass is 269 g/mol. The highest BCUT2D eigenvalue weighted by Crippen LogP contribution is 2.32. The molecule has 104 valence electrons. The quantitative estimate of drug-likeness (QED) is 0.644. The van der Waals surface area contributed by atoms with E-state index < -0.39 is 0 Å². The van der Waals surface area contributed by atoms with E-state index in [1.807, 2.05) is 36.4 Å². The molecule has 2 aromatic rings. The van der Waals surface area contributed by atoms with Gasteiger partial charge in [0, 0.05) is 24.2 Å². The number of nitrogen functional groups attached to an aromatic ring is 1. The third-order valence-corrected chi connectivity index (χ3v) is 3.52. The Hall–Kier alpha value is -2.14. The molecule has 1 aliphatic carbocycles. The largest absolute Gasteiger partial charge is 0.354 e. The van der Waals surface area contributed by atoms with E-state index in [-0.39, 0.29) is 0 Å². The highest BCUT2D eigenvalue weighted by Gasteiger charge is 2.29. The number of aromatic nitrogens is 2. The van der Waals surface area contributed by atoms with Gasteiger partial charge >= 0.3 is 0 Å². The number of anilines is 2. The van der Waals surface area contributed by atoms with E-state index in [4.69, 9.17) is 10.8 Å². The molecule has 0 saturated heterocycles. The molecule has 0 atom stereocenters. The van der Waals surface area contributed by atoms with Gasteiger partial charge in [0.05, 0.1) is 0 Å². The van der Waals surface area contributed by atoms with Crippen LogP contribution in [0.2, 0.25) is 0 Å². The average Bonchev–Trinajstić information content (AvgIpc) is 3.33. The minimum Gasteiger partial charge on any atom is -0.354 e. The number of hydrogen-bond donors (Lipinski definition) is 2. The summed E-state index contributed by atoms with van der Waals surface area (Å²) in [6.45, 7) is 3.10. The Morgan fingerprint density at radius 2 is 2.00 bits per heavy atom. The van der Waals surface area contributed by atoms with Crippen molar-refractivity contribution in [2.45, 2.75) is 25.8 Å². The summed E-state index contributed by atoms with van der Waals surface area (Å²) < 4.78 is 0. The Kier molecular flexibility index (Phi) is 3.52. The van der Waals surface area contributed by atoms with Gasteiger partial charge in [0.2, 0.25) is 0 Å². The summed E-state index contributed by atoms with van der Waals surface area (Å²) in [5, 5.41) is 0. The van der Waals surface area contributed by atoms with Crippen LogP contribution in [-0.4, -0.2) is 22.6 Å². The molecule has 0 aliphatic heterocycles. The maximum Gasteiger partial charge on any atom is 0.163 e. The van der Waals surface area contributed by atoms with Gasteiger partial charge in [0.1, 0.15) is 11.6 Å². The predicted molar refractivity (Wildman–Crippen MR) is 81.3 cm³/mol. The number of nitrogens with two attached hydrogens (primary N) is 1. The number of hydrazine groups is 1. The van der Waals surface area contributed by atoms with Gasteiger partial charge in [-0.15, -0.1) is 0 Å². The Bertz CT molecular complexity index is 580. The average molecular weight is 269 g/mol. The summed E-state index contributed by atoms with van der Waals surface area (Å²) in [5.74, 6) is 7.83. The lowest BCUT2D eigenvalue weighted by molar-refractivity contribution is 0.806. The van der Waals surface area contributed by atoms with Gasteiger partial charge in [-0.05, 0) is 19.8 Å². The maximum absolute atomic E-state index is 5.54. The molecule has 1 heterocycles. The topological polar surface area (TPSA) is 67.1 Å². The van der Waals surface area contributed by atoms with Crippen LogP contribution in [0.5, 0.6) is 0 Å². The minimum absolute atomic E-state index is 0.615. The van der Waals surface area contributed by atoms with E-state index in [1.165, 1.54) is 12.8 Å². The Labute approximate surface area is 118 Å². The molecule has 0 amide bonds. The molecule has 0 spiro atoms. The molecule has 0 bridgehead atoms. The summed E-state index contributed by atoms with van der Waals surface area (Å²) >= 11 is 0. The highest BCUT2D eigenvalue weighted by atomic mass is 15.3. The molecule has 20 heavy (non-hydrogen) atoms. The molecule has 0 radical (unpaired) electrons. The second kappa shape index (κ2) is 5.46. The molecule has 0 unspecified atom stereocenters.